The number of aliphatic imine (C=N–C) groups is 1. The minimum atomic E-state index is -0.721. The topological polar surface area (TPSA) is 145 Å². The molecule has 0 fully saturated rings. The maximum atomic E-state index is 13.3. The van der Waals surface area contributed by atoms with Gasteiger partial charge in [0.2, 0.25) is 0 Å². The number of methoxy groups -OCH3 is 1. The molecule has 5 rings (SSSR count). The number of ether oxygens (including phenoxy) is 1. The first-order valence-electron chi connectivity index (χ1n) is 12.3. The number of nitrogens with zero attached hydrogens (tertiary/aromatic N) is 5. The van der Waals surface area contributed by atoms with Crippen LogP contribution in [-0.4, -0.2) is 46.6 Å². The number of carbonyl (C=O) groups excluding carboxylic acids is 1. The molecule has 0 saturated heterocycles. The third kappa shape index (κ3) is 5.38. The van der Waals surface area contributed by atoms with E-state index in [1.54, 1.807) is 62.1 Å². The molecule has 4 aromatic rings. The van der Waals surface area contributed by atoms with Crippen molar-refractivity contribution in [2.24, 2.45) is 16.0 Å². The number of benzene rings is 3. The van der Waals surface area contributed by atoms with Crippen LogP contribution in [0.15, 0.2) is 83.2 Å². The zero-order chi connectivity index (χ0) is 27.2. The van der Waals surface area contributed by atoms with Crippen molar-refractivity contribution in [3.8, 4) is 17.6 Å². The Hall–Kier alpha value is -5.30. The first kappa shape index (κ1) is 25.4. The highest BCUT2D eigenvalue weighted by molar-refractivity contribution is 6.12. The largest absolute Gasteiger partial charge is 0.505 e. The van der Waals surface area contributed by atoms with Gasteiger partial charge in [-0.2, -0.15) is 10.4 Å². The van der Waals surface area contributed by atoms with Crippen LogP contribution in [0.2, 0.25) is 0 Å². The number of carbonyl (C=O) groups is 1. The van der Waals surface area contributed by atoms with E-state index < -0.39 is 11.8 Å². The minimum Gasteiger partial charge on any atom is -0.505 e. The van der Waals surface area contributed by atoms with Crippen molar-refractivity contribution in [1.82, 2.24) is 9.97 Å². The number of fused-ring (bicyclic) bond motifs is 1. The second-order valence-electron chi connectivity index (χ2n) is 8.81. The van der Waals surface area contributed by atoms with Gasteiger partial charge in [-0.05, 0) is 36.1 Å². The van der Waals surface area contributed by atoms with Crippen LogP contribution in [-0.2, 0) is 0 Å². The molecule has 0 aliphatic carbocycles. The molecule has 194 valence electrons. The summed E-state index contributed by atoms with van der Waals surface area (Å²) in [5, 5.41) is 29.9. The Kier molecular flexibility index (Phi) is 7.41. The van der Waals surface area contributed by atoms with Crippen molar-refractivity contribution in [2.45, 2.75) is 12.3 Å². The van der Waals surface area contributed by atoms with Crippen LogP contribution in [0.25, 0.3) is 10.8 Å². The Morgan fingerprint density at radius 1 is 1.13 bits per heavy atom. The zero-order valence-electron chi connectivity index (χ0n) is 21.1. The second-order valence-corrected chi connectivity index (χ2v) is 8.81. The van der Waals surface area contributed by atoms with Gasteiger partial charge in [0.05, 0.1) is 30.4 Å². The summed E-state index contributed by atoms with van der Waals surface area (Å²) in [4.78, 5) is 26.4. The Balaban J connectivity index is 1.56. The Morgan fingerprint density at radius 3 is 2.74 bits per heavy atom. The van der Waals surface area contributed by atoms with Gasteiger partial charge in [-0.3, -0.25) is 15.2 Å². The van der Waals surface area contributed by atoms with Crippen LogP contribution in [0.1, 0.15) is 28.5 Å². The average molecular weight is 520 g/mol. The number of aromatic hydroxyl groups is 1. The van der Waals surface area contributed by atoms with Gasteiger partial charge in [-0.25, -0.2) is 9.97 Å². The van der Waals surface area contributed by atoms with Crippen molar-refractivity contribution in [1.29, 1.82) is 5.26 Å². The van der Waals surface area contributed by atoms with Crippen LogP contribution in [0.3, 0.4) is 0 Å². The quantitative estimate of drug-likeness (QED) is 0.246. The highest BCUT2D eigenvalue weighted by Gasteiger charge is 2.29. The summed E-state index contributed by atoms with van der Waals surface area (Å²) in [6.07, 6.45) is 5.42. The number of phenols is 1. The van der Waals surface area contributed by atoms with Crippen molar-refractivity contribution in [3.63, 3.8) is 0 Å². The van der Waals surface area contributed by atoms with Crippen LogP contribution >= 0.6 is 0 Å². The number of anilines is 2. The summed E-state index contributed by atoms with van der Waals surface area (Å²) >= 11 is 0. The first-order valence-corrected chi connectivity index (χ1v) is 12.3. The molecule has 0 radical (unpaired) electrons. The van der Waals surface area contributed by atoms with Crippen molar-refractivity contribution in [2.75, 3.05) is 24.4 Å². The summed E-state index contributed by atoms with van der Waals surface area (Å²) in [7, 11) is 1.54. The van der Waals surface area contributed by atoms with E-state index in [0.717, 1.165) is 5.39 Å². The van der Waals surface area contributed by atoms with E-state index in [1.807, 2.05) is 24.3 Å². The maximum absolute atomic E-state index is 13.3. The van der Waals surface area contributed by atoms with E-state index in [1.165, 1.54) is 0 Å². The number of amides is 1. The fraction of sp³-hybridized carbons (Fsp3) is 0.172. The summed E-state index contributed by atoms with van der Waals surface area (Å²) in [6.45, 7) is 0.494. The normalized spacial score (nSPS) is 17.8. The molecular weight excluding hydrogens is 494 g/mol. The first-order chi connectivity index (χ1) is 19.1. The monoisotopic (exact) mass is 519 g/mol. The fourth-order valence-corrected chi connectivity index (χ4v) is 4.47. The van der Waals surface area contributed by atoms with E-state index >= 15 is 0 Å². The van der Waals surface area contributed by atoms with Crippen LogP contribution in [0, 0.1) is 17.2 Å². The third-order valence-electron chi connectivity index (χ3n) is 6.40. The fourth-order valence-electron chi connectivity index (χ4n) is 4.47. The van der Waals surface area contributed by atoms with Crippen molar-refractivity contribution < 1.29 is 14.6 Å². The smallest absolute Gasteiger partial charge is 0.259 e. The number of rotatable bonds is 6. The predicted molar refractivity (Wildman–Crippen MR) is 149 cm³/mol. The molecule has 2 heterocycles. The number of nitriles is 1. The van der Waals surface area contributed by atoms with Gasteiger partial charge >= 0.3 is 0 Å². The lowest BCUT2D eigenvalue weighted by atomic mass is 9.91. The Bertz CT molecular complexity index is 1610. The molecule has 0 bridgehead atoms. The van der Waals surface area contributed by atoms with Gasteiger partial charge in [0.25, 0.3) is 5.91 Å². The molecular formula is C29H25N7O3. The number of nitrogens with one attached hydrogen (secondary N) is 2. The number of hydrazone groups is 1. The van der Waals surface area contributed by atoms with Crippen LogP contribution in [0.4, 0.5) is 11.4 Å². The van der Waals surface area contributed by atoms with Crippen LogP contribution in [0.5, 0.6) is 11.5 Å². The molecule has 0 spiro atoms. The van der Waals surface area contributed by atoms with E-state index in [2.05, 4.69) is 36.9 Å². The van der Waals surface area contributed by atoms with Gasteiger partial charge in [0, 0.05) is 42.3 Å². The third-order valence-corrected chi connectivity index (χ3v) is 6.40. The zero-order valence-corrected chi connectivity index (χ0v) is 21.1. The summed E-state index contributed by atoms with van der Waals surface area (Å²) in [5.74, 6) is -0.745. The summed E-state index contributed by atoms with van der Waals surface area (Å²) in [5.41, 5.74) is 4.25. The highest BCUT2D eigenvalue weighted by Crippen LogP contribution is 2.37. The average Bonchev–Trinajstić information content (AvgIpc) is 3.19. The van der Waals surface area contributed by atoms with Gasteiger partial charge in [-0.1, -0.05) is 30.3 Å². The summed E-state index contributed by atoms with van der Waals surface area (Å²) < 4.78 is 5.23. The predicted octanol–water partition coefficient (Wildman–Crippen LogP) is 4.76. The van der Waals surface area contributed by atoms with Gasteiger partial charge in [0.15, 0.2) is 5.75 Å². The molecule has 1 aliphatic heterocycles. The van der Waals surface area contributed by atoms with Gasteiger partial charge in [-0.15, -0.1) is 0 Å². The molecule has 0 saturated carbocycles. The number of aromatic nitrogens is 2. The molecule has 1 aliphatic rings. The molecule has 10 heteroatoms. The van der Waals surface area contributed by atoms with Crippen molar-refractivity contribution >= 4 is 40.0 Å². The highest BCUT2D eigenvalue weighted by atomic mass is 16.5. The molecule has 2 unspecified atom stereocenters. The van der Waals surface area contributed by atoms with E-state index in [-0.39, 0.29) is 22.9 Å². The molecule has 39 heavy (non-hydrogen) atoms. The Morgan fingerprint density at radius 2 is 1.95 bits per heavy atom. The molecule has 10 nitrogen and oxygen atoms in total. The molecule has 2 atom stereocenters. The van der Waals surface area contributed by atoms with E-state index in [0.29, 0.717) is 41.3 Å². The molecule has 3 N–H and O–H groups in total. The van der Waals surface area contributed by atoms with Crippen molar-refractivity contribution in [3.05, 3.63) is 84.4 Å². The number of hydrogen-bond acceptors (Lipinski definition) is 9. The van der Waals surface area contributed by atoms with Gasteiger partial charge in [0.1, 0.15) is 23.2 Å². The lowest BCUT2D eigenvalue weighted by Crippen LogP contribution is -2.24. The number of hydrogen-bond donors (Lipinski definition) is 3. The molecule has 1 amide bonds. The molecule has 3 aromatic carbocycles. The van der Waals surface area contributed by atoms with E-state index in [9.17, 15) is 15.2 Å². The lowest BCUT2D eigenvalue weighted by molar-refractivity contribution is 0.102. The lowest BCUT2D eigenvalue weighted by Gasteiger charge is -2.18. The minimum absolute atomic E-state index is 0.0569. The van der Waals surface area contributed by atoms with Gasteiger partial charge < -0.3 is 15.2 Å². The SMILES string of the molecule is COc1cccc(NC(=O)c2cc3ccccc3c(N/N=C3/C(C#N)C=NCCC3c3ncccn3)c2O)c1. The summed E-state index contributed by atoms with van der Waals surface area (Å²) in [6, 6.07) is 19.8. The Labute approximate surface area is 224 Å². The molecule has 1 aromatic heterocycles. The van der Waals surface area contributed by atoms with E-state index in [4.69, 9.17) is 4.74 Å². The maximum Gasteiger partial charge on any atom is 0.259 e. The van der Waals surface area contributed by atoms with Crippen LogP contribution < -0.4 is 15.5 Å². The second kappa shape index (κ2) is 11.4. The standard InChI is InChI=1S/C29H25N7O3/c1-39-21-8-4-7-20(15-21)34-29(38)24-14-18-6-2-3-9-22(18)26(27(24)37)36-35-25-19(16-30)17-31-13-10-23(25)28-32-11-5-12-33-28/h2-9,11-12,14-15,17,19,23,36-37H,10,13H2,1H3,(H,34,38)/b35-25-. The number of phenolic OH excluding ortho intramolecular Hbond substituents is 1.